The zero-order chi connectivity index (χ0) is 10.4. The van der Waals surface area contributed by atoms with Gasteiger partial charge in [0, 0.05) is 4.43 Å². The Morgan fingerprint density at radius 2 is 2.07 bits per heavy atom. The van der Waals surface area contributed by atoms with Gasteiger partial charge in [0.1, 0.15) is 6.10 Å². The number of ether oxygens (including phenoxy) is 1. The standard InChI is InChI=1S/C11H13IO2/c1-9(7-8-12)14-11(13)10-5-3-2-4-6-10/h2-6,9H,7-8H2,1H3. The third kappa shape index (κ3) is 3.65. The van der Waals surface area contributed by atoms with E-state index in [9.17, 15) is 4.79 Å². The van der Waals surface area contributed by atoms with Gasteiger partial charge in [0.15, 0.2) is 0 Å². The monoisotopic (exact) mass is 304 g/mol. The van der Waals surface area contributed by atoms with Crippen LogP contribution in [0.5, 0.6) is 0 Å². The summed E-state index contributed by atoms with van der Waals surface area (Å²) in [7, 11) is 0. The Morgan fingerprint density at radius 3 is 2.64 bits per heavy atom. The van der Waals surface area contributed by atoms with Crippen LogP contribution < -0.4 is 0 Å². The molecule has 1 atom stereocenters. The van der Waals surface area contributed by atoms with Crippen molar-refractivity contribution in [1.29, 1.82) is 0 Å². The molecule has 0 aliphatic heterocycles. The molecule has 1 rings (SSSR count). The van der Waals surface area contributed by atoms with Gasteiger partial charge < -0.3 is 4.74 Å². The molecule has 76 valence electrons. The van der Waals surface area contributed by atoms with Gasteiger partial charge in [-0.15, -0.1) is 0 Å². The van der Waals surface area contributed by atoms with E-state index in [0.29, 0.717) is 5.56 Å². The van der Waals surface area contributed by atoms with Crippen LogP contribution in [0.2, 0.25) is 0 Å². The minimum atomic E-state index is -0.233. The van der Waals surface area contributed by atoms with Crippen molar-refractivity contribution in [2.45, 2.75) is 19.4 Å². The fourth-order valence-corrected chi connectivity index (χ4v) is 1.91. The molecule has 2 nitrogen and oxygen atoms in total. The smallest absolute Gasteiger partial charge is 0.338 e. The molecule has 0 spiro atoms. The van der Waals surface area contributed by atoms with Crippen molar-refractivity contribution < 1.29 is 9.53 Å². The summed E-state index contributed by atoms with van der Waals surface area (Å²) in [6, 6.07) is 9.07. The van der Waals surface area contributed by atoms with Gasteiger partial charge in [-0.05, 0) is 25.5 Å². The van der Waals surface area contributed by atoms with Gasteiger partial charge >= 0.3 is 5.97 Å². The molecule has 1 aromatic rings. The number of carbonyl (C=O) groups is 1. The molecule has 1 unspecified atom stereocenters. The molecule has 0 saturated carbocycles. The number of hydrogen-bond donors (Lipinski definition) is 0. The molecule has 0 radical (unpaired) electrons. The minimum absolute atomic E-state index is 0.000365. The van der Waals surface area contributed by atoms with Crippen LogP contribution in [0, 0.1) is 0 Å². The van der Waals surface area contributed by atoms with Crippen LogP contribution in [0.4, 0.5) is 0 Å². The number of halogens is 1. The zero-order valence-electron chi connectivity index (χ0n) is 8.07. The van der Waals surface area contributed by atoms with Crippen molar-refractivity contribution in [3.8, 4) is 0 Å². The average Bonchev–Trinajstić information content (AvgIpc) is 2.19. The first-order chi connectivity index (χ1) is 6.74. The molecular formula is C11H13IO2. The van der Waals surface area contributed by atoms with E-state index in [4.69, 9.17) is 4.74 Å². The highest BCUT2D eigenvalue weighted by Gasteiger charge is 2.10. The Hall–Kier alpha value is -0.580. The van der Waals surface area contributed by atoms with E-state index in [1.54, 1.807) is 12.1 Å². The first kappa shape index (κ1) is 11.5. The minimum Gasteiger partial charge on any atom is -0.459 e. The summed E-state index contributed by atoms with van der Waals surface area (Å²) in [5.41, 5.74) is 0.618. The van der Waals surface area contributed by atoms with Crippen molar-refractivity contribution in [3.63, 3.8) is 0 Å². The molecule has 0 heterocycles. The Kier molecular flexibility index (Phi) is 4.93. The molecule has 14 heavy (non-hydrogen) atoms. The van der Waals surface area contributed by atoms with Gasteiger partial charge in [0.2, 0.25) is 0 Å². The summed E-state index contributed by atoms with van der Waals surface area (Å²) in [6.07, 6.45) is 0.902. The fraction of sp³-hybridized carbons (Fsp3) is 0.364. The third-order valence-corrected chi connectivity index (χ3v) is 2.46. The molecule has 0 aliphatic carbocycles. The summed E-state index contributed by atoms with van der Waals surface area (Å²) < 4.78 is 6.23. The third-order valence-electron chi connectivity index (χ3n) is 1.83. The van der Waals surface area contributed by atoms with E-state index in [-0.39, 0.29) is 12.1 Å². The lowest BCUT2D eigenvalue weighted by Gasteiger charge is -2.11. The number of esters is 1. The van der Waals surface area contributed by atoms with E-state index in [1.807, 2.05) is 25.1 Å². The van der Waals surface area contributed by atoms with Crippen LogP contribution in [0.25, 0.3) is 0 Å². The number of rotatable bonds is 4. The maximum absolute atomic E-state index is 11.5. The number of hydrogen-bond acceptors (Lipinski definition) is 2. The number of carbonyl (C=O) groups excluding carboxylic acids is 1. The van der Waals surface area contributed by atoms with Crippen LogP contribution in [0.3, 0.4) is 0 Å². The van der Waals surface area contributed by atoms with E-state index in [2.05, 4.69) is 22.6 Å². The highest BCUT2D eigenvalue weighted by Crippen LogP contribution is 2.06. The van der Waals surface area contributed by atoms with Crippen LogP contribution in [0.15, 0.2) is 30.3 Å². The summed E-state index contributed by atoms with van der Waals surface area (Å²) in [5, 5.41) is 0. The Labute approximate surface area is 97.8 Å². The lowest BCUT2D eigenvalue weighted by molar-refractivity contribution is 0.0338. The summed E-state index contributed by atoms with van der Waals surface area (Å²) in [5.74, 6) is -0.233. The molecule has 0 bridgehead atoms. The fourth-order valence-electron chi connectivity index (χ4n) is 1.04. The summed E-state index contributed by atoms with van der Waals surface area (Å²) in [4.78, 5) is 11.5. The summed E-state index contributed by atoms with van der Waals surface area (Å²) >= 11 is 2.27. The Balaban J connectivity index is 2.51. The van der Waals surface area contributed by atoms with Crippen molar-refractivity contribution in [1.82, 2.24) is 0 Å². The van der Waals surface area contributed by atoms with Gasteiger partial charge in [-0.25, -0.2) is 4.79 Å². The van der Waals surface area contributed by atoms with E-state index in [1.165, 1.54) is 0 Å². The maximum atomic E-state index is 11.5. The van der Waals surface area contributed by atoms with Gasteiger partial charge in [-0.3, -0.25) is 0 Å². The molecule has 0 amide bonds. The van der Waals surface area contributed by atoms with Crippen molar-refractivity contribution in [2.24, 2.45) is 0 Å². The Bertz CT molecular complexity index is 285. The van der Waals surface area contributed by atoms with E-state index < -0.39 is 0 Å². The molecule has 0 N–H and O–H groups in total. The van der Waals surface area contributed by atoms with Crippen molar-refractivity contribution in [2.75, 3.05) is 4.43 Å². The van der Waals surface area contributed by atoms with E-state index >= 15 is 0 Å². The SMILES string of the molecule is CC(CCI)OC(=O)c1ccccc1. The topological polar surface area (TPSA) is 26.3 Å². The molecule has 3 heteroatoms. The first-order valence-electron chi connectivity index (χ1n) is 4.56. The molecule has 0 saturated heterocycles. The Morgan fingerprint density at radius 1 is 1.43 bits per heavy atom. The second kappa shape index (κ2) is 6.01. The highest BCUT2D eigenvalue weighted by atomic mass is 127. The van der Waals surface area contributed by atoms with Crippen molar-refractivity contribution in [3.05, 3.63) is 35.9 Å². The highest BCUT2D eigenvalue weighted by molar-refractivity contribution is 14.1. The largest absolute Gasteiger partial charge is 0.459 e. The van der Waals surface area contributed by atoms with Gasteiger partial charge in [0.25, 0.3) is 0 Å². The maximum Gasteiger partial charge on any atom is 0.338 e. The molecule has 0 aliphatic rings. The van der Waals surface area contributed by atoms with Crippen molar-refractivity contribution >= 4 is 28.6 Å². The quantitative estimate of drug-likeness (QED) is 0.485. The predicted molar refractivity (Wildman–Crippen MR) is 64.8 cm³/mol. The van der Waals surface area contributed by atoms with Crippen LogP contribution in [-0.2, 0) is 4.74 Å². The van der Waals surface area contributed by atoms with Crippen LogP contribution >= 0.6 is 22.6 Å². The first-order valence-corrected chi connectivity index (χ1v) is 6.08. The number of alkyl halides is 1. The zero-order valence-corrected chi connectivity index (χ0v) is 10.2. The second-order valence-electron chi connectivity index (χ2n) is 3.06. The van der Waals surface area contributed by atoms with Gasteiger partial charge in [-0.1, -0.05) is 40.8 Å². The average molecular weight is 304 g/mol. The second-order valence-corrected chi connectivity index (χ2v) is 4.14. The van der Waals surface area contributed by atoms with Gasteiger partial charge in [-0.2, -0.15) is 0 Å². The van der Waals surface area contributed by atoms with Crippen LogP contribution in [-0.4, -0.2) is 16.5 Å². The normalized spacial score (nSPS) is 12.1. The number of benzene rings is 1. The molecule has 1 aromatic carbocycles. The molecular weight excluding hydrogens is 291 g/mol. The lowest BCUT2D eigenvalue weighted by Crippen LogP contribution is -2.15. The molecule has 0 fully saturated rings. The lowest BCUT2D eigenvalue weighted by atomic mass is 10.2. The summed E-state index contributed by atoms with van der Waals surface area (Å²) in [6.45, 7) is 1.92. The molecule has 0 aromatic heterocycles. The van der Waals surface area contributed by atoms with Gasteiger partial charge in [0.05, 0.1) is 5.56 Å². The van der Waals surface area contributed by atoms with Crippen LogP contribution in [0.1, 0.15) is 23.7 Å². The van der Waals surface area contributed by atoms with E-state index in [0.717, 1.165) is 10.8 Å². The predicted octanol–water partition coefficient (Wildman–Crippen LogP) is 3.06.